The highest BCUT2D eigenvalue weighted by Crippen LogP contribution is 2.61. The van der Waals surface area contributed by atoms with E-state index in [1.807, 2.05) is 23.9 Å². The summed E-state index contributed by atoms with van der Waals surface area (Å²) in [4.78, 5) is 25.3. The van der Waals surface area contributed by atoms with Crippen molar-refractivity contribution in [1.82, 2.24) is 5.32 Å². The van der Waals surface area contributed by atoms with Crippen molar-refractivity contribution in [2.75, 3.05) is 29.5 Å². The van der Waals surface area contributed by atoms with Crippen LogP contribution in [0.1, 0.15) is 24.3 Å². The quantitative estimate of drug-likeness (QED) is 0.859. The van der Waals surface area contributed by atoms with Crippen LogP contribution in [-0.2, 0) is 9.53 Å². The van der Waals surface area contributed by atoms with Crippen molar-refractivity contribution < 1.29 is 18.7 Å². The summed E-state index contributed by atoms with van der Waals surface area (Å²) in [7, 11) is 0. The Balaban J connectivity index is 1.24. The molecular weight excluding hydrogens is 355 g/mol. The van der Waals surface area contributed by atoms with Gasteiger partial charge in [-0.1, -0.05) is 6.07 Å². The number of cyclic esters (lactones) is 1. The fourth-order valence-corrected chi connectivity index (χ4v) is 5.79. The van der Waals surface area contributed by atoms with E-state index in [-0.39, 0.29) is 17.6 Å². The molecule has 4 aliphatic rings. The molecule has 2 heterocycles. The van der Waals surface area contributed by atoms with Crippen LogP contribution in [0.3, 0.4) is 0 Å². The van der Waals surface area contributed by atoms with Gasteiger partial charge in [0.15, 0.2) is 0 Å². The average Bonchev–Trinajstić information content (AvgIpc) is 3.51. The van der Waals surface area contributed by atoms with Crippen LogP contribution in [-0.4, -0.2) is 42.7 Å². The third-order valence-electron chi connectivity index (χ3n) is 5.93. The maximum atomic E-state index is 14.6. The third kappa shape index (κ3) is 2.86. The molecule has 0 bridgehead atoms. The average molecular weight is 376 g/mol. The van der Waals surface area contributed by atoms with Crippen LogP contribution >= 0.6 is 11.8 Å². The number of nitrogens with zero attached hydrogens (tertiary/aromatic N) is 1. The number of thioether (sulfide) groups is 1. The van der Waals surface area contributed by atoms with Crippen molar-refractivity contribution in [3.8, 4) is 0 Å². The lowest BCUT2D eigenvalue weighted by molar-refractivity contribution is -0.122. The van der Waals surface area contributed by atoms with E-state index >= 15 is 0 Å². The summed E-state index contributed by atoms with van der Waals surface area (Å²) in [6.07, 6.45) is 1.00. The Morgan fingerprint density at radius 2 is 2.08 bits per heavy atom. The first kappa shape index (κ1) is 16.4. The van der Waals surface area contributed by atoms with Crippen LogP contribution in [0.4, 0.5) is 14.9 Å². The molecule has 5 nitrogen and oxygen atoms in total. The Kier molecular flexibility index (Phi) is 3.88. The molecule has 7 heteroatoms. The Labute approximate surface area is 155 Å². The number of rotatable bonds is 5. The molecule has 4 fully saturated rings. The highest BCUT2D eigenvalue weighted by Gasteiger charge is 2.54. The van der Waals surface area contributed by atoms with E-state index in [4.69, 9.17) is 4.74 Å². The molecule has 1 aromatic rings. The van der Waals surface area contributed by atoms with Gasteiger partial charge in [-0.15, -0.1) is 0 Å². The summed E-state index contributed by atoms with van der Waals surface area (Å²) in [6, 6.07) is 5.09. The van der Waals surface area contributed by atoms with Crippen molar-refractivity contribution in [2.45, 2.75) is 24.9 Å². The zero-order valence-electron chi connectivity index (χ0n) is 14.3. The zero-order chi connectivity index (χ0) is 17.8. The smallest absolute Gasteiger partial charge is 0.414 e. The van der Waals surface area contributed by atoms with Gasteiger partial charge in [-0.2, -0.15) is 11.8 Å². The normalized spacial score (nSPS) is 32.3. The van der Waals surface area contributed by atoms with E-state index in [9.17, 15) is 14.0 Å². The van der Waals surface area contributed by atoms with Crippen LogP contribution in [0, 0.1) is 23.6 Å². The van der Waals surface area contributed by atoms with E-state index in [1.54, 1.807) is 0 Å². The molecule has 0 spiro atoms. The van der Waals surface area contributed by atoms with E-state index in [0.717, 1.165) is 29.9 Å². The summed E-state index contributed by atoms with van der Waals surface area (Å²) >= 11 is 1.95. The number of amides is 2. The number of fused-ring (bicyclic) bond motifs is 1. The van der Waals surface area contributed by atoms with Crippen molar-refractivity contribution in [3.63, 3.8) is 0 Å². The van der Waals surface area contributed by atoms with E-state index in [2.05, 4.69) is 5.32 Å². The van der Waals surface area contributed by atoms with Crippen molar-refractivity contribution in [1.29, 1.82) is 0 Å². The first-order valence-electron chi connectivity index (χ1n) is 9.25. The first-order valence-corrected chi connectivity index (χ1v) is 10.4. The molecule has 2 saturated carbocycles. The Morgan fingerprint density at radius 1 is 1.31 bits per heavy atom. The van der Waals surface area contributed by atoms with Gasteiger partial charge in [0.25, 0.3) is 0 Å². The topological polar surface area (TPSA) is 58.6 Å². The van der Waals surface area contributed by atoms with Crippen molar-refractivity contribution in [3.05, 3.63) is 29.6 Å². The maximum absolute atomic E-state index is 14.6. The fourth-order valence-electron chi connectivity index (χ4n) is 4.20. The predicted octanol–water partition coefficient (Wildman–Crippen LogP) is 2.75. The number of carbonyl (C=O) groups excluding carboxylic acids is 2. The van der Waals surface area contributed by atoms with Crippen LogP contribution in [0.15, 0.2) is 18.2 Å². The summed E-state index contributed by atoms with van der Waals surface area (Å²) in [6.45, 7) is 0.634. The van der Waals surface area contributed by atoms with E-state index < -0.39 is 12.2 Å². The van der Waals surface area contributed by atoms with Gasteiger partial charge >= 0.3 is 6.09 Å². The van der Waals surface area contributed by atoms with Gasteiger partial charge in [0, 0.05) is 5.92 Å². The van der Waals surface area contributed by atoms with E-state index in [0.29, 0.717) is 36.5 Å². The molecule has 0 radical (unpaired) electrons. The summed E-state index contributed by atoms with van der Waals surface area (Å²) in [5.41, 5.74) is 1.30. The Morgan fingerprint density at radius 3 is 2.77 bits per heavy atom. The zero-order valence-corrected chi connectivity index (χ0v) is 15.1. The molecule has 26 heavy (non-hydrogen) atoms. The van der Waals surface area contributed by atoms with Gasteiger partial charge in [0.2, 0.25) is 5.91 Å². The molecule has 138 valence electrons. The molecule has 4 atom stereocenters. The minimum Gasteiger partial charge on any atom is -0.442 e. The molecule has 0 aromatic heterocycles. The summed E-state index contributed by atoms with van der Waals surface area (Å²) < 4.78 is 19.9. The molecule has 1 N–H and O–H groups in total. The van der Waals surface area contributed by atoms with Crippen LogP contribution in [0.5, 0.6) is 0 Å². The molecule has 2 saturated heterocycles. The second-order valence-corrected chi connectivity index (χ2v) is 8.81. The van der Waals surface area contributed by atoms with Crippen LogP contribution < -0.4 is 10.2 Å². The number of hydrogen-bond acceptors (Lipinski definition) is 4. The number of benzene rings is 1. The molecule has 1 aromatic carbocycles. The lowest BCUT2D eigenvalue weighted by Crippen LogP contribution is -2.35. The second kappa shape index (κ2) is 6.15. The van der Waals surface area contributed by atoms with Crippen LogP contribution in [0.25, 0.3) is 0 Å². The molecule has 0 unspecified atom stereocenters. The number of carbonyl (C=O) groups is 2. The SMILES string of the molecule is O=C(NC[C@H]1CN(c2ccc([C@H]3[C@@H]4CSC[C@@H]43)c(F)c2)C(=O)O1)C1CC1. The number of halogens is 1. The third-order valence-corrected chi connectivity index (χ3v) is 7.17. The molecule has 2 aliphatic carbocycles. The summed E-state index contributed by atoms with van der Waals surface area (Å²) in [5.74, 6) is 3.78. The number of nitrogens with one attached hydrogen (secondary N) is 1. The minimum absolute atomic E-state index is 0.0306. The fraction of sp³-hybridized carbons (Fsp3) is 0.579. The van der Waals surface area contributed by atoms with Crippen molar-refractivity contribution >= 4 is 29.4 Å². The van der Waals surface area contributed by atoms with Gasteiger partial charge in [-0.05, 0) is 59.8 Å². The summed E-state index contributed by atoms with van der Waals surface area (Å²) in [5, 5.41) is 2.83. The lowest BCUT2D eigenvalue weighted by Gasteiger charge is -2.15. The Hall–Kier alpha value is -1.76. The number of ether oxygens (including phenoxy) is 1. The lowest BCUT2D eigenvalue weighted by atomic mass is 10.1. The molecule has 2 amide bonds. The molecular formula is C19H21FN2O3S. The first-order chi connectivity index (χ1) is 12.6. The largest absolute Gasteiger partial charge is 0.442 e. The second-order valence-electron chi connectivity index (χ2n) is 7.73. The number of hydrogen-bond donors (Lipinski definition) is 1. The van der Waals surface area contributed by atoms with Gasteiger partial charge in [0.05, 0.1) is 18.8 Å². The van der Waals surface area contributed by atoms with Gasteiger partial charge in [0.1, 0.15) is 11.9 Å². The standard InChI is InChI=1S/C19H21FN2O3S/c20-16-5-11(3-4-13(16)17-14-8-26-9-15(14)17)22-7-12(25-19(22)24)6-21-18(23)10-1-2-10/h3-5,10,12,14-15,17H,1-2,6-9H2,(H,21,23)/t12-,14-,15+,17+/m0/s1. The maximum Gasteiger partial charge on any atom is 0.414 e. The Bertz CT molecular complexity index is 759. The van der Waals surface area contributed by atoms with Crippen molar-refractivity contribution in [2.24, 2.45) is 17.8 Å². The van der Waals surface area contributed by atoms with Gasteiger partial charge in [-0.3, -0.25) is 9.69 Å². The van der Waals surface area contributed by atoms with Gasteiger partial charge < -0.3 is 10.1 Å². The highest BCUT2D eigenvalue weighted by molar-refractivity contribution is 7.99. The highest BCUT2D eigenvalue weighted by atomic mass is 32.2. The van der Waals surface area contributed by atoms with E-state index in [1.165, 1.54) is 11.0 Å². The predicted molar refractivity (Wildman–Crippen MR) is 96.8 cm³/mol. The monoisotopic (exact) mass is 376 g/mol. The molecule has 5 rings (SSSR count). The van der Waals surface area contributed by atoms with Gasteiger partial charge in [-0.25, -0.2) is 9.18 Å². The number of anilines is 1. The van der Waals surface area contributed by atoms with Crippen LogP contribution in [0.2, 0.25) is 0 Å². The minimum atomic E-state index is -0.484. The molecule has 2 aliphatic heterocycles.